The van der Waals surface area contributed by atoms with Gasteiger partial charge in [0.15, 0.2) is 0 Å². The van der Waals surface area contributed by atoms with E-state index >= 15 is 0 Å². The Morgan fingerprint density at radius 2 is 1.50 bits per heavy atom. The number of allylic oxidation sites excluding steroid dienone is 4. The van der Waals surface area contributed by atoms with E-state index in [1.807, 2.05) is 13.0 Å². The fourth-order valence-electron chi connectivity index (χ4n) is 5.90. The predicted molar refractivity (Wildman–Crippen MR) is 157 cm³/mol. The number of carbonyl (C=O) groups is 1. The van der Waals surface area contributed by atoms with Crippen LogP contribution < -0.4 is 0 Å². The minimum atomic E-state index is -0.806. The highest BCUT2D eigenvalue weighted by Gasteiger charge is 2.21. The van der Waals surface area contributed by atoms with Crippen LogP contribution in [0, 0.1) is 20.8 Å². The number of fused-ring (bicyclic) bond motifs is 8. The largest absolute Gasteiger partial charge is 0.481 e. The van der Waals surface area contributed by atoms with E-state index in [4.69, 9.17) is 9.97 Å². The van der Waals surface area contributed by atoms with Crippen molar-refractivity contribution in [3.05, 3.63) is 69.3 Å². The summed E-state index contributed by atoms with van der Waals surface area (Å²) in [6, 6.07) is 8.42. The maximum absolute atomic E-state index is 11.4. The Hall–Kier alpha value is -3.93. The van der Waals surface area contributed by atoms with Crippen LogP contribution in [0.15, 0.2) is 24.3 Å². The summed E-state index contributed by atoms with van der Waals surface area (Å²) < 4.78 is 0. The molecular formula is C32H36N4O2. The molecule has 0 fully saturated rings. The van der Waals surface area contributed by atoms with Gasteiger partial charge in [-0.3, -0.25) is 4.79 Å². The summed E-state index contributed by atoms with van der Waals surface area (Å²) in [4.78, 5) is 28.9. The number of carboxylic acid groups (broad SMARTS) is 1. The number of nitrogens with one attached hydrogen (secondary N) is 2. The standard InChI is InChI=1S/C32H36N4O2/c1-8-22-19(6)31-20(7)32-23(9-2)17(4)27(35-32)15-26-18(5)24(10-11-30(37)38)28(34-26)13-21-12-16(3)25(33-21)14-29(22)36-31/h12-15,33,35H,8-11H2,1-7H3,(H,37,38). The molecule has 0 atom stereocenters. The number of H-pyrrole nitrogens is 2. The molecule has 6 nitrogen and oxygen atoms in total. The Labute approximate surface area is 223 Å². The summed E-state index contributed by atoms with van der Waals surface area (Å²) in [5.41, 5.74) is 17.1. The first-order valence-electron chi connectivity index (χ1n) is 13.5. The topological polar surface area (TPSA) is 94.7 Å². The summed E-state index contributed by atoms with van der Waals surface area (Å²) in [7, 11) is 0. The molecule has 5 rings (SSSR count). The molecule has 0 amide bonds. The zero-order chi connectivity index (χ0) is 27.3. The van der Waals surface area contributed by atoms with Crippen LogP contribution in [0.25, 0.3) is 44.4 Å². The number of carboxylic acids is 1. The van der Waals surface area contributed by atoms with Crippen molar-refractivity contribution in [1.82, 2.24) is 19.9 Å². The Morgan fingerprint density at radius 3 is 2.18 bits per heavy atom. The fraction of sp³-hybridized carbons (Fsp3) is 0.344. The Bertz CT molecular complexity index is 1710. The lowest BCUT2D eigenvalue weighted by Gasteiger charge is -2.03. The molecule has 0 spiro atoms. The molecule has 0 aromatic carbocycles. The minimum absolute atomic E-state index is 0.0688. The van der Waals surface area contributed by atoms with Crippen LogP contribution in [-0.2, 0) is 11.2 Å². The summed E-state index contributed by atoms with van der Waals surface area (Å²) in [5, 5.41) is 9.38. The highest BCUT2D eigenvalue weighted by atomic mass is 16.4. The Kier molecular flexibility index (Phi) is 6.59. The molecule has 5 heterocycles. The number of aromatic nitrogens is 4. The van der Waals surface area contributed by atoms with Gasteiger partial charge in [0.25, 0.3) is 0 Å². The molecule has 2 aliphatic rings. The summed E-state index contributed by atoms with van der Waals surface area (Å²) in [6.07, 6.45) is 2.32. The van der Waals surface area contributed by atoms with Crippen molar-refractivity contribution in [2.24, 2.45) is 0 Å². The van der Waals surface area contributed by atoms with Crippen molar-refractivity contribution in [2.45, 2.75) is 74.1 Å². The maximum atomic E-state index is 11.4. The van der Waals surface area contributed by atoms with Gasteiger partial charge in [0.05, 0.1) is 22.8 Å². The fourth-order valence-corrected chi connectivity index (χ4v) is 5.90. The zero-order valence-electron chi connectivity index (χ0n) is 23.4. The van der Waals surface area contributed by atoms with Crippen LogP contribution in [0.3, 0.4) is 0 Å². The molecule has 6 heteroatoms. The lowest BCUT2D eigenvalue weighted by atomic mass is 10.00. The van der Waals surface area contributed by atoms with Gasteiger partial charge in [0, 0.05) is 28.5 Å². The van der Waals surface area contributed by atoms with Gasteiger partial charge in [-0.25, -0.2) is 9.97 Å². The first-order chi connectivity index (χ1) is 18.1. The molecule has 0 saturated carbocycles. The van der Waals surface area contributed by atoms with Gasteiger partial charge in [-0.2, -0.15) is 0 Å². The number of aliphatic carboxylic acids is 1. The highest BCUT2D eigenvalue weighted by molar-refractivity contribution is 5.95. The molecule has 196 valence electrons. The van der Waals surface area contributed by atoms with Crippen molar-refractivity contribution in [3.8, 4) is 0 Å². The molecule has 0 unspecified atom stereocenters. The minimum Gasteiger partial charge on any atom is -0.481 e. The van der Waals surface area contributed by atoms with E-state index in [2.05, 4.69) is 69.7 Å². The van der Waals surface area contributed by atoms with E-state index in [0.717, 1.165) is 80.0 Å². The third kappa shape index (κ3) is 4.28. The van der Waals surface area contributed by atoms with E-state index in [1.54, 1.807) is 0 Å². The number of rotatable bonds is 5. The van der Waals surface area contributed by atoms with Crippen molar-refractivity contribution < 1.29 is 9.90 Å². The van der Waals surface area contributed by atoms with Gasteiger partial charge in [-0.15, -0.1) is 0 Å². The quantitative estimate of drug-likeness (QED) is 0.326. The molecule has 2 aliphatic heterocycles. The van der Waals surface area contributed by atoms with Crippen molar-refractivity contribution in [2.75, 3.05) is 0 Å². The van der Waals surface area contributed by atoms with Crippen LogP contribution >= 0.6 is 0 Å². The predicted octanol–water partition coefficient (Wildman–Crippen LogP) is 7.94. The summed E-state index contributed by atoms with van der Waals surface area (Å²) >= 11 is 0. The number of nitrogens with zero attached hydrogens (tertiary/aromatic N) is 2. The second kappa shape index (κ2) is 9.75. The van der Waals surface area contributed by atoms with Crippen LogP contribution in [-0.4, -0.2) is 31.0 Å². The third-order valence-electron chi connectivity index (χ3n) is 8.11. The molecule has 0 saturated heterocycles. The van der Waals surface area contributed by atoms with Gasteiger partial charge in [0.2, 0.25) is 0 Å². The Morgan fingerprint density at radius 1 is 0.789 bits per heavy atom. The third-order valence-corrected chi connectivity index (χ3v) is 8.11. The van der Waals surface area contributed by atoms with Crippen LogP contribution in [0.1, 0.15) is 92.0 Å². The van der Waals surface area contributed by atoms with Crippen molar-refractivity contribution in [3.63, 3.8) is 0 Å². The zero-order valence-corrected chi connectivity index (χ0v) is 23.4. The van der Waals surface area contributed by atoms with Gasteiger partial charge in [-0.1, -0.05) is 13.8 Å². The number of hydrogen-bond donors (Lipinski definition) is 3. The van der Waals surface area contributed by atoms with E-state index in [0.29, 0.717) is 6.42 Å². The molecule has 38 heavy (non-hydrogen) atoms. The number of aryl methyl sites for hydroxylation is 4. The van der Waals surface area contributed by atoms with E-state index in [-0.39, 0.29) is 6.42 Å². The molecule has 8 bridgehead atoms. The molecule has 0 aliphatic carbocycles. The lowest BCUT2D eigenvalue weighted by Crippen LogP contribution is -1.95. The summed E-state index contributed by atoms with van der Waals surface area (Å²) in [5.74, 6) is -0.806. The highest BCUT2D eigenvalue weighted by Crippen LogP contribution is 2.37. The summed E-state index contributed by atoms with van der Waals surface area (Å²) in [6.45, 7) is 15.0. The molecule has 0 radical (unpaired) electrons. The average molecular weight is 509 g/mol. The van der Waals surface area contributed by atoms with E-state index in [9.17, 15) is 9.90 Å². The van der Waals surface area contributed by atoms with Crippen LogP contribution in [0.5, 0.6) is 0 Å². The molecule has 3 N–H and O–H groups in total. The normalized spacial score (nSPS) is 13.6. The van der Waals surface area contributed by atoms with Crippen LogP contribution in [0.2, 0.25) is 0 Å². The maximum Gasteiger partial charge on any atom is 0.303 e. The van der Waals surface area contributed by atoms with E-state index < -0.39 is 5.97 Å². The van der Waals surface area contributed by atoms with Gasteiger partial charge in [0.1, 0.15) is 0 Å². The van der Waals surface area contributed by atoms with Crippen molar-refractivity contribution >= 4 is 50.3 Å². The number of hydrogen-bond acceptors (Lipinski definition) is 3. The number of aromatic amines is 2. The van der Waals surface area contributed by atoms with Crippen LogP contribution in [0.4, 0.5) is 0 Å². The Balaban J connectivity index is 1.94. The molecule has 3 aromatic rings. The van der Waals surface area contributed by atoms with Gasteiger partial charge in [-0.05, 0) is 123 Å². The van der Waals surface area contributed by atoms with Gasteiger partial charge >= 0.3 is 5.97 Å². The SMILES string of the molecule is CCC1=C(C)c2nc1cc1[nH]c(cc3nc(cc4[nH]c(c2C)c(CC)c4C)C(C)=C3CCC(=O)O)cc1C. The lowest BCUT2D eigenvalue weighted by molar-refractivity contribution is -0.136. The average Bonchev–Trinajstić information content (AvgIpc) is 3.56. The second-order valence-electron chi connectivity index (χ2n) is 10.4. The monoisotopic (exact) mass is 508 g/mol. The first-order valence-corrected chi connectivity index (χ1v) is 13.5. The van der Waals surface area contributed by atoms with Gasteiger partial charge < -0.3 is 15.1 Å². The molecular weight excluding hydrogens is 472 g/mol. The van der Waals surface area contributed by atoms with E-state index in [1.165, 1.54) is 22.3 Å². The molecule has 3 aromatic heterocycles. The van der Waals surface area contributed by atoms with Crippen molar-refractivity contribution in [1.29, 1.82) is 0 Å². The second-order valence-corrected chi connectivity index (χ2v) is 10.4. The first kappa shape index (κ1) is 25.7. The smallest absolute Gasteiger partial charge is 0.303 e.